The van der Waals surface area contributed by atoms with Crippen molar-refractivity contribution in [2.75, 3.05) is 25.0 Å². The molecule has 1 saturated heterocycles. The summed E-state index contributed by atoms with van der Waals surface area (Å²) in [5.41, 5.74) is 0.192. The highest BCUT2D eigenvalue weighted by atomic mass is 35.5. The van der Waals surface area contributed by atoms with Crippen LogP contribution in [0.2, 0.25) is 5.02 Å². The zero-order valence-electron chi connectivity index (χ0n) is 11.7. The minimum atomic E-state index is -4.46. The van der Waals surface area contributed by atoms with Crippen molar-refractivity contribution in [1.29, 1.82) is 0 Å². The maximum Gasteiger partial charge on any atom is 0.422 e. The van der Waals surface area contributed by atoms with E-state index < -0.39 is 12.8 Å². The summed E-state index contributed by atoms with van der Waals surface area (Å²) in [4.78, 5) is 12.2. The van der Waals surface area contributed by atoms with Gasteiger partial charge in [-0.3, -0.25) is 4.79 Å². The first kappa shape index (κ1) is 16.9. The molecule has 0 bridgehead atoms. The molecule has 2 N–H and O–H groups in total. The van der Waals surface area contributed by atoms with Crippen molar-refractivity contribution < 1.29 is 22.7 Å². The van der Waals surface area contributed by atoms with Gasteiger partial charge in [-0.25, -0.2) is 0 Å². The van der Waals surface area contributed by atoms with Gasteiger partial charge in [0.2, 0.25) is 5.91 Å². The molecule has 122 valence electrons. The van der Waals surface area contributed by atoms with Crippen molar-refractivity contribution in [2.45, 2.75) is 19.0 Å². The number of nitrogens with one attached hydrogen (secondary N) is 2. The number of halogens is 4. The summed E-state index contributed by atoms with van der Waals surface area (Å²) < 4.78 is 41.6. The molecule has 1 heterocycles. The SMILES string of the molecule is O=C(Nc1ccc(Cl)cc1OCC(F)(F)F)C1CCNCC1. The summed E-state index contributed by atoms with van der Waals surface area (Å²) in [6.45, 7) is 0.0514. The molecule has 0 spiro atoms. The van der Waals surface area contributed by atoms with Crippen LogP contribution in [0.15, 0.2) is 18.2 Å². The molecular formula is C14H16ClF3N2O2. The fourth-order valence-corrected chi connectivity index (χ4v) is 2.36. The van der Waals surface area contributed by atoms with Gasteiger partial charge in [0, 0.05) is 17.0 Å². The molecule has 22 heavy (non-hydrogen) atoms. The quantitative estimate of drug-likeness (QED) is 0.887. The maximum atomic E-state index is 12.3. The predicted octanol–water partition coefficient (Wildman–Crippen LogP) is 3.22. The molecule has 8 heteroatoms. The molecule has 0 aliphatic carbocycles. The number of carbonyl (C=O) groups excluding carboxylic acids is 1. The lowest BCUT2D eigenvalue weighted by Crippen LogP contribution is -2.34. The third kappa shape index (κ3) is 5.06. The van der Waals surface area contributed by atoms with E-state index in [1.54, 1.807) is 0 Å². The van der Waals surface area contributed by atoms with E-state index in [1.807, 2.05) is 0 Å². The number of hydrogen-bond donors (Lipinski definition) is 2. The fraction of sp³-hybridized carbons (Fsp3) is 0.500. The van der Waals surface area contributed by atoms with Gasteiger partial charge in [-0.1, -0.05) is 11.6 Å². The molecule has 1 amide bonds. The largest absolute Gasteiger partial charge is 0.482 e. The van der Waals surface area contributed by atoms with Gasteiger partial charge in [0.25, 0.3) is 0 Å². The summed E-state index contributed by atoms with van der Waals surface area (Å²) in [5, 5.41) is 6.00. The Hall–Kier alpha value is -1.47. The van der Waals surface area contributed by atoms with E-state index in [0.717, 1.165) is 13.1 Å². The van der Waals surface area contributed by atoms with Gasteiger partial charge in [0.15, 0.2) is 6.61 Å². The lowest BCUT2D eigenvalue weighted by molar-refractivity contribution is -0.153. The van der Waals surface area contributed by atoms with E-state index in [0.29, 0.717) is 12.8 Å². The van der Waals surface area contributed by atoms with Crippen LogP contribution in [-0.2, 0) is 4.79 Å². The second kappa shape index (κ2) is 7.19. The molecule has 0 unspecified atom stereocenters. The Balaban J connectivity index is 2.07. The smallest absolute Gasteiger partial charge is 0.422 e. The first-order valence-corrected chi connectivity index (χ1v) is 7.23. The lowest BCUT2D eigenvalue weighted by atomic mass is 9.97. The van der Waals surface area contributed by atoms with Gasteiger partial charge in [-0.15, -0.1) is 0 Å². The number of carbonyl (C=O) groups is 1. The molecule has 2 rings (SSSR count). The Kier molecular flexibility index (Phi) is 5.52. The third-order valence-electron chi connectivity index (χ3n) is 3.30. The highest BCUT2D eigenvalue weighted by molar-refractivity contribution is 6.30. The number of rotatable bonds is 4. The molecule has 0 aromatic heterocycles. The standard InChI is InChI=1S/C14H16ClF3N2O2/c15-10-1-2-11(12(7-10)22-8-14(16,17)18)20-13(21)9-3-5-19-6-4-9/h1-2,7,9,19H,3-6,8H2,(H,20,21). The van der Waals surface area contributed by atoms with Gasteiger partial charge in [-0.05, 0) is 38.1 Å². The van der Waals surface area contributed by atoms with Crippen molar-refractivity contribution in [2.24, 2.45) is 5.92 Å². The van der Waals surface area contributed by atoms with E-state index in [9.17, 15) is 18.0 Å². The van der Waals surface area contributed by atoms with E-state index >= 15 is 0 Å². The molecule has 4 nitrogen and oxygen atoms in total. The molecule has 1 aliphatic rings. The molecule has 0 radical (unpaired) electrons. The lowest BCUT2D eigenvalue weighted by Gasteiger charge is -2.22. The van der Waals surface area contributed by atoms with E-state index in [4.69, 9.17) is 16.3 Å². The highest BCUT2D eigenvalue weighted by Gasteiger charge is 2.29. The molecule has 0 atom stereocenters. The molecule has 1 aromatic rings. The second-order valence-electron chi connectivity index (χ2n) is 5.06. The molecule has 1 fully saturated rings. The van der Waals surface area contributed by atoms with Crippen LogP contribution in [0, 0.1) is 5.92 Å². The third-order valence-corrected chi connectivity index (χ3v) is 3.54. The maximum absolute atomic E-state index is 12.3. The molecule has 1 aliphatic heterocycles. The minimum absolute atomic E-state index is 0.0906. The number of ether oxygens (including phenoxy) is 1. The summed E-state index contributed by atoms with van der Waals surface area (Å²) in [6, 6.07) is 4.18. The summed E-state index contributed by atoms with van der Waals surface area (Å²) in [6.07, 6.45) is -3.07. The predicted molar refractivity (Wildman–Crippen MR) is 77.2 cm³/mol. The Labute approximate surface area is 131 Å². The Morgan fingerprint density at radius 2 is 2.05 bits per heavy atom. The number of alkyl halides is 3. The Bertz CT molecular complexity index is 531. The van der Waals surface area contributed by atoms with Gasteiger partial charge in [0.05, 0.1) is 5.69 Å². The van der Waals surface area contributed by atoms with Gasteiger partial charge in [0.1, 0.15) is 5.75 Å². The summed E-state index contributed by atoms with van der Waals surface area (Å²) in [5.74, 6) is -0.472. The normalized spacial score (nSPS) is 16.4. The van der Waals surface area contributed by atoms with Crippen LogP contribution in [0.25, 0.3) is 0 Å². The first-order chi connectivity index (χ1) is 10.3. The van der Waals surface area contributed by atoms with Crippen molar-refractivity contribution in [3.63, 3.8) is 0 Å². The Morgan fingerprint density at radius 1 is 1.36 bits per heavy atom. The van der Waals surface area contributed by atoms with Crippen molar-refractivity contribution >= 4 is 23.2 Å². The zero-order valence-corrected chi connectivity index (χ0v) is 12.4. The average molecular weight is 337 g/mol. The van der Waals surface area contributed by atoms with E-state index in [-0.39, 0.29) is 28.3 Å². The second-order valence-corrected chi connectivity index (χ2v) is 5.49. The van der Waals surface area contributed by atoms with Crippen molar-refractivity contribution in [3.8, 4) is 5.75 Å². The van der Waals surface area contributed by atoms with Crippen LogP contribution in [-0.4, -0.2) is 31.8 Å². The topological polar surface area (TPSA) is 50.4 Å². The first-order valence-electron chi connectivity index (χ1n) is 6.86. The van der Waals surface area contributed by atoms with Gasteiger partial charge < -0.3 is 15.4 Å². The zero-order chi connectivity index (χ0) is 16.2. The summed E-state index contributed by atoms with van der Waals surface area (Å²) >= 11 is 5.77. The fourth-order valence-electron chi connectivity index (χ4n) is 2.20. The number of anilines is 1. The van der Waals surface area contributed by atoms with Crippen LogP contribution in [0.1, 0.15) is 12.8 Å². The average Bonchev–Trinajstić information content (AvgIpc) is 2.47. The monoisotopic (exact) mass is 336 g/mol. The van der Waals surface area contributed by atoms with Gasteiger partial charge >= 0.3 is 6.18 Å². The van der Waals surface area contributed by atoms with E-state index in [1.165, 1.54) is 18.2 Å². The molecule has 1 aromatic carbocycles. The van der Waals surface area contributed by atoms with Crippen LogP contribution in [0.4, 0.5) is 18.9 Å². The number of piperidine rings is 1. The number of hydrogen-bond acceptors (Lipinski definition) is 3. The van der Waals surface area contributed by atoms with Crippen molar-refractivity contribution in [3.05, 3.63) is 23.2 Å². The highest BCUT2D eigenvalue weighted by Crippen LogP contribution is 2.30. The van der Waals surface area contributed by atoms with E-state index in [2.05, 4.69) is 10.6 Å². The van der Waals surface area contributed by atoms with Crippen LogP contribution < -0.4 is 15.4 Å². The molecular weight excluding hydrogens is 321 g/mol. The van der Waals surface area contributed by atoms with Crippen molar-refractivity contribution in [1.82, 2.24) is 5.32 Å². The minimum Gasteiger partial charge on any atom is -0.482 e. The van der Waals surface area contributed by atoms with Gasteiger partial charge in [-0.2, -0.15) is 13.2 Å². The Morgan fingerprint density at radius 3 is 2.68 bits per heavy atom. The van der Waals surface area contributed by atoms with Crippen LogP contribution >= 0.6 is 11.6 Å². The van der Waals surface area contributed by atoms with Crippen LogP contribution in [0.3, 0.4) is 0 Å². The number of benzene rings is 1. The van der Waals surface area contributed by atoms with Crippen LogP contribution in [0.5, 0.6) is 5.75 Å². The summed E-state index contributed by atoms with van der Waals surface area (Å²) in [7, 11) is 0. The molecule has 0 saturated carbocycles. The number of amides is 1.